The summed E-state index contributed by atoms with van der Waals surface area (Å²) < 4.78 is 5.74. The molecule has 0 spiro atoms. The summed E-state index contributed by atoms with van der Waals surface area (Å²) in [6.07, 6.45) is 2.63. The second kappa shape index (κ2) is 11.7. The molecule has 32 heavy (non-hydrogen) atoms. The maximum Gasteiger partial charge on any atom is 0.278 e. The van der Waals surface area contributed by atoms with Crippen molar-refractivity contribution in [2.45, 2.75) is 26.4 Å². The number of hydrogen-bond donors (Lipinski definition) is 1. The van der Waals surface area contributed by atoms with Crippen LogP contribution in [0.15, 0.2) is 83.8 Å². The summed E-state index contributed by atoms with van der Waals surface area (Å²) in [4.78, 5) is 16.3. The zero-order chi connectivity index (χ0) is 22.8. The fourth-order valence-electron chi connectivity index (χ4n) is 3.68. The highest BCUT2D eigenvalue weighted by atomic mass is 16.3. The molecule has 1 unspecified atom stereocenters. The molecule has 0 saturated carbocycles. The molecular formula is C27H30N3O2+. The first-order chi connectivity index (χ1) is 15.6. The molecule has 0 radical (unpaired) electrons. The predicted octanol–water partition coefficient (Wildman–Crippen LogP) is 3.30. The summed E-state index contributed by atoms with van der Waals surface area (Å²) in [6, 6.07) is 23.7. The van der Waals surface area contributed by atoms with Crippen LogP contribution in [0.4, 0.5) is 0 Å². The number of quaternary nitrogens is 1. The lowest BCUT2D eigenvalue weighted by Crippen LogP contribution is -3.11. The van der Waals surface area contributed by atoms with Crippen LogP contribution in [0.25, 0.3) is 0 Å². The van der Waals surface area contributed by atoms with Crippen LogP contribution in [-0.2, 0) is 24.3 Å². The zero-order valence-electron chi connectivity index (χ0n) is 18.6. The molecule has 3 aromatic rings. The number of nitrogens with one attached hydrogen (secondary N) is 1. The fourth-order valence-corrected chi connectivity index (χ4v) is 3.68. The number of benzene rings is 2. The zero-order valence-corrected chi connectivity index (χ0v) is 18.6. The molecule has 1 N–H and O–H groups in total. The van der Waals surface area contributed by atoms with Gasteiger partial charge in [0.05, 0.1) is 24.7 Å². The molecule has 1 atom stereocenters. The number of nitrogens with zero attached hydrogens (tertiary/aromatic N) is 2. The summed E-state index contributed by atoms with van der Waals surface area (Å²) in [5.74, 6) is 1.72. The molecule has 0 aliphatic carbocycles. The number of carbonyl (C=O) groups excluding carboxylic acids is 1. The van der Waals surface area contributed by atoms with Gasteiger partial charge < -0.3 is 14.2 Å². The summed E-state index contributed by atoms with van der Waals surface area (Å²) in [6.45, 7) is 8.59. The standard InChI is InChI=1S/C27H29N3O2/c1-3-16-29(19-25-12-10-24(18-28)11-13-25)21-27(31)30(20-26-14-9-22(2)32-26)17-15-23-7-5-4-6-8-23/h3-14H,1,15-17,19-21H2,2H3/p+1. The van der Waals surface area contributed by atoms with Gasteiger partial charge in [-0.15, -0.1) is 0 Å². The smallest absolute Gasteiger partial charge is 0.278 e. The molecule has 2 aromatic carbocycles. The first kappa shape index (κ1) is 23.1. The Morgan fingerprint density at radius 2 is 1.84 bits per heavy atom. The molecule has 5 nitrogen and oxygen atoms in total. The van der Waals surface area contributed by atoms with E-state index in [-0.39, 0.29) is 5.91 Å². The van der Waals surface area contributed by atoms with Gasteiger partial charge in [-0.3, -0.25) is 4.79 Å². The Bertz CT molecular complexity index is 1050. The van der Waals surface area contributed by atoms with Crippen LogP contribution in [0.3, 0.4) is 0 Å². The quantitative estimate of drug-likeness (QED) is 0.477. The number of nitriles is 1. The minimum atomic E-state index is 0.0838. The predicted molar refractivity (Wildman–Crippen MR) is 125 cm³/mol. The molecule has 1 heterocycles. The lowest BCUT2D eigenvalue weighted by molar-refractivity contribution is -0.900. The van der Waals surface area contributed by atoms with Crippen molar-refractivity contribution in [1.82, 2.24) is 4.90 Å². The maximum absolute atomic E-state index is 13.3. The Hall–Kier alpha value is -3.62. The molecule has 0 aliphatic heterocycles. The fraction of sp³-hybridized carbons (Fsp3) is 0.259. The molecule has 3 rings (SSSR count). The van der Waals surface area contributed by atoms with Crippen LogP contribution in [-0.4, -0.2) is 30.4 Å². The van der Waals surface area contributed by atoms with E-state index in [1.807, 2.05) is 72.5 Å². The number of furan rings is 1. The van der Waals surface area contributed by atoms with E-state index < -0.39 is 0 Å². The Kier molecular flexibility index (Phi) is 8.42. The van der Waals surface area contributed by atoms with Gasteiger partial charge >= 0.3 is 0 Å². The second-order valence-corrected chi connectivity index (χ2v) is 7.97. The Morgan fingerprint density at radius 1 is 1.09 bits per heavy atom. The van der Waals surface area contributed by atoms with Crippen LogP contribution in [0, 0.1) is 18.3 Å². The Morgan fingerprint density at radius 3 is 2.47 bits per heavy atom. The van der Waals surface area contributed by atoms with E-state index in [4.69, 9.17) is 9.68 Å². The van der Waals surface area contributed by atoms with Crippen molar-refractivity contribution >= 4 is 5.91 Å². The SMILES string of the molecule is C=CC[NH+](CC(=O)N(CCc1ccccc1)Cc1ccc(C)o1)Cc1ccc(C#N)cc1. The van der Waals surface area contributed by atoms with E-state index in [0.717, 1.165) is 28.4 Å². The van der Waals surface area contributed by atoms with Crippen molar-refractivity contribution in [2.75, 3.05) is 19.6 Å². The highest BCUT2D eigenvalue weighted by molar-refractivity contribution is 5.77. The Balaban J connectivity index is 1.69. The third kappa shape index (κ3) is 6.97. The number of hydrogen-bond acceptors (Lipinski definition) is 3. The van der Waals surface area contributed by atoms with Crippen molar-refractivity contribution in [3.05, 3.63) is 108 Å². The molecule has 1 aromatic heterocycles. The third-order valence-electron chi connectivity index (χ3n) is 5.38. The first-order valence-corrected chi connectivity index (χ1v) is 10.9. The lowest BCUT2D eigenvalue weighted by Gasteiger charge is -2.25. The normalized spacial score (nSPS) is 11.5. The van der Waals surface area contributed by atoms with Crippen molar-refractivity contribution < 1.29 is 14.1 Å². The van der Waals surface area contributed by atoms with Crippen molar-refractivity contribution in [3.63, 3.8) is 0 Å². The van der Waals surface area contributed by atoms with Crippen molar-refractivity contribution in [2.24, 2.45) is 0 Å². The molecule has 0 saturated heterocycles. The van der Waals surface area contributed by atoms with Gasteiger partial charge in [0.25, 0.3) is 5.91 Å². The molecule has 164 valence electrons. The van der Waals surface area contributed by atoms with Gasteiger partial charge in [-0.25, -0.2) is 0 Å². The van der Waals surface area contributed by atoms with Gasteiger partial charge in [-0.2, -0.15) is 5.26 Å². The van der Waals surface area contributed by atoms with E-state index in [9.17, 15) is 4.79 Å². The topological polar surface area (TPSA) is 61.7 Å². The van der Waals surface area contributed by atoms with E-state index in [2.05, 4.69) is 24.8 Å². The van der Waals surface area contributed by atoms with E-state index in [1.54, 1.807) is 0 Å². The van der Waals surface area contributed by atoms with E-state index in [0.29, 0.717) is 38.3 Å². The largest absolute Gasteiger partial charge is 0.464 e. The molecule has 0 bridgehead atoms. The van der Waals surface area contributed by atoms with Crippen LogP contribution < -0.4 is 4.90 Å². The molecule has 0 aliphatic rings. The average molecular weight is 429 g/mol. The van der Waals surface area contributed by atoms with Crippen molar-refractivity contribution in [1.29, 1.82) is 5.26 Å². The van der Waals surface area contributed by atoms with Crippen LogP contribution in [0.2, 0.25) is 0 Å². The highest BCUT2D eigenvalue weighted by Crippen LogP contribution is 2.11. The van der Waals surface area contributed by atoms with Gasteiger partial charge in [-0.1, -0.05) is 49.0 Å². The Labute approximate surface area is 190 Å². The minimum Gasteiger partial charge on any atom is -0.464 e. The van der Waals surface area contributed by atoms with Crippen molar-refractivity contribution in [3.8, 4) is 6.07 Å². The summed E-state index contributed by atoms with van der Waals surface area (Å²) in [5, 5.41) is 9.00. The lowest BCUT2D eigenvalue weighted by atomic mass is 10.1. The number of amides is 1. The second-order valence-electron chi connectivity index (χ2n) is 7.97. The minimum absolute atomic E-state index is 0.0838. The maximum atomic E-state index is 13.3. The monoisotopic (exact) mass is 428 g/mol. The van der Waals surface area contributed by atoms with E-state index in [1.165, 1.54) is 5.56 Å². The summed E-state index contributed by atoms with van der Waals surface area (Å²) in [5.41, 5.74) is 2.93. The van der Waals surface area contributed by atoms with E-state index >= 15 is 0 Å². The van der Waals surface area contributed by atoms with Gasteiger partial charge in [0.2, 0.25) is 0 Å². The van der Waals surface area contributed by atoms with Gasteiger partial charge in [0, 0.05) is 12.1 Å². The number of aryl methyl sites for hydroxylation is 1. The average Bonchev–Trinajstić information content (AvgIpc) is 3.22. The van der Waals surface area contributed by atoms with Crippen LogP contribution >= 0.6 is 0 Å². The third-order valence-corrected chi connectivity index (χ3v) is 5.38. The highest BCUT2D eigenvalue weighted by Gasteiger charge is 2.21. The van der Waals surface area contributed by atoms with Crippen LogP contribution in [0.1, 0.15) is 28.2 Å². The summed E-state index contributed by atoms with van der Waals surface area (Å²) >= 11 is 0. The first-order valence-electron chi connectivity index (χ1n) is 10.9. The van der Waals surface area contributed by atoms with Crippen LogP contribution in [0.5, 0.6) is 0 Å². The van der Waals surface area contributed by atoms with Gasteiger partial charge in [0.15, 0.2) is 6.54 Å². The molecule has 1 amide bonds. The summed E-state index contributed by atoms with van der Waals surface area (Å²) in [7, 11) is 0. The van der Waals surface area contributed by atoms with Gasteiger partial charge in [0.1, 0.15) is 18.1 Å². The number of rotatable bonds is 11. The van der Waals surface area contributed by atoms with Gasteiger partial charge in [-0.05, 0) is 49.2 Å². The molecule has 5 heteroatoms. The molecule has 0 fully saturated rings. The number of carbonyl (C=O) groups is 1. The molecular weight excluding hydrogens is 398 g/mol.